The Morgan fingerprint density at radius 2 is 1.73 bits per heavy atom. The van der Waals surface area contributed by atoms with Gasteiger partial charge < -0.3 is 15.1 Å². The van der Waals surface area contributed by atoms with Crippen LogP contribution in [-0.2, 0) is 11.0 Å². The van der Waals surface area contributed by atoms with E-state index in [1.165, 1.54) is 44.7 Å². The van der Waals surface area contributed by atoms with Crippen LogP contribution in [0.2, 0.25) is 5.02 Å². The number of piperidine rings is 1. The molecule has 6 rings (SSSR count). The molecule has 1 unspecified atom stereocenters. The quantitative estimate of drug-likeness (QED) is 0.322. The van der Waals surface area contributed by atoms with Crippen molar-refractivity contribution in [1.29, 1.82) is 0 Å². The number of halogens is 1. The predicted octanol–water partition coefficient (Wildman–Crippen LogP) is 5.24. The zero-order chi connectivity index (χ0) is 27.6. The van der Waals surface area contributed by atoms with E-state index in [9.17, 15) is 4.21 Å². The Hall–Kier alpha value is -2.98. The molecule has 2 aliphatic rings. The van der Waals surface area contributed by atoms with Gasteiger partial charge in [0.05, 0.1) is 22.4 Å². The molecule has 40 heavy (non-hydrogen) atoms. The van der Waals surface area contributed by atoms with Gasteiger partial charge in [-0.3, -0.25) is 8.87 Å². The van der Waals surface area contributed by atoms with Gasteiger partial charge in [-0.25, -0.2) is 14.2 Å². The topological polar surface area (TPSA) is 69.5 Å². The summed E-state index contributed by atoms with van der Waals surface area (Å²) in [7, 11) is 1.05. The Labute approximate surface area is 243 Å². The first-order chi connectivity index (χ1) is 19.5. The van der Waals surface area contributed by atoms with Crippen LogP contribution in [0.5, 0.6) is 0 Å². The highest BCUT2D eigenvalue weighted by Crippen LogP contribution is 2.35. The molecule has 0 spiro atoms. The van der Waals surface area contributed by atoms with Crippen LogP contribution in [0.3, 0.4) is 0 Å². The fourth-order valence-electron chi connectivity index (χ4n) is 5.82. The van der Waals surface area contributed by atoms with Gasteiger partial charge >= 0.3 is 0 Å². The summed E-state index contributed by atoms with van der Waals surface area (Å²) in [6.07, 6.45) is 5.93. The number of hydrogen-bond acceptors (Lipinski definition) is 7. The maximum atomic E-state index is 12.7. The van der Waals surface area contributed by atoms with Crippen LogP contribution in [0.25, 0.3) is 22.2 Å². The summed E-state index contributed by atoms with van der Waals surface area (Å²) in [5.41, 5.74) is 4.51. The maximum absolute atomic E-state index is 12.7. The van der Waals surface area contributed by atoms with Crippen molar-refractivity contribution in [3.63, 3.8) is 0 Å². The average molecular weight is 578 g/mol. The number of anilines is 3. The first-order valence-corrected chi connectivity index (χ1v) is 15.7. The molecule has 0 aliphatic carbocycles. The van der Waals surface area contributed by atoms with Crippen molar-refractivity contribution in [2.45, 2.75) is 25.8 Å². The molecule has 2 aromatic carbocycles. The second kappa shape index (κ2) is 11.9. The van der Waals surface area contributed by atoms with E-state index in [-0.39, 0.29) is 0 Å². The molecule has 2 aromatic heterocycles. The lowest BCUT2D eigenvalue weighted by Gasteiger charge is -2.42. The highest BCUT2D eigenvalue weighted by molar-refractivity contribution is 7.83. The molecule has 10 heteroatoms. The summed E-state index contributed by atoms with van der Waals surface area (Å²) in [5, 5.41) is 4.74. The third-order valence-corrected chi connectivity index (χ3v) is 9.66. The molecule has 1 atom stereocenters. The Bertz CT molecular complexity index is 1490. The van der Waals surface area contributed by atoms with Gasteiger partial charge in [0.2, 0.25) is 5.95 Å². The Morgan fingerprint density at radius 3 is 2.45 bits per heavy atom. The van der Waals surface area contributed by atoms with Gasteiger partial charge in [-0.15, -0.1) is 0 Å². The highest BCUT2D eigenvalue weighted by atomic mass is 35.5. The summed E-state index contributed by atoms with van der Waals surface area (Å²) >= 11 is 6.58. The van der Waals surface area contributed by atoms with E-state index in [2.05, 4.69) is 56.3 Å². The summed E-state index contributed by atoms with van der Waals surface area (Å²) in [5.74, 6) is 0.987. The zero-order valence-electron chi connectivity index (χ0n) is 23.1. The Morgan fingerprint density at radius 1 is 1.00 bits per heavy atom. The lowest BCUT2D eigenvalue weighted by Crippen LogP contribution is -2.52. The van der Waals surface area contributed by atoms with Gasteiger partial charge in [0.1, 0.15) is 11.0 Å². The minimum absolute atomic E-state index is 0.450. The van der Waals surface area contributed by atoms with Crippen molar-refractivity contribution < 1.29 is 4.21 Å². The second-order valence-electron chi connectivity index (χ2n) is 10.6. The first-order valence-electron chi connectivity index (χ1n) is 14.1. The monoisotopic (exact) mass is 577 g/mol. The fourth-order valence-corrected chi connectivity index (χ4v) is 6.90. The van der Waals surface area contributed by atoms with Crippen LogP contribution in [0.15, 0.2) is 60.9 Å². The lowest BCUT2D eigenvalue weighted by atomic mass is 10.0. The molecule has 0 saturated carbocycles. The number of hydrogen-bond donors (Lipinski definition) is 1. The fraction of sp³-hybridized carbons (Fsp3) is 0.400. The standard InChI is InChI=1S/C30H36ClN7OS/c1-3-40(39)38-21-26(25-6-4-5-7-28(25)38)29-27(31)20-32-30(34-29)33-22-8-10-23(11-9-22)36-14-12-24(13-15-36)37-18-16-35(2)17-19-37/h4-11,20-21,24H,3,12-19H2,1-2H3,(H,32,33,34). The van der Waals surface area contributed by atoms with E-state index < -0.39 is 11.0 Å². The molecule has 0 bridgehead atoms. The molecule has 1 N–H and O–H groups in total. The molecule has 0 amide bonds. The van der Waals surface area contributed by atoms with Crippen LogP contribution in [0.1, 0.15) is 19.8 Å². The smallest absolute Gasteiger partial charge is 0.227 e. The first kappa shape index (κ1) is 27.2. The normalized spacial score (nSPS) is 18.3. The van der Waals surface area contributed by atoms with E-state index in [1.54, 1.807) is 10.2 Å². The van der Waals surface area contributed by atoms with E-state index in [0.717, 1.165) is 35.2 Å². The van der Waals surface area contributed by atoms with Crippen molar-refractivity contribution in [2.24, 2.45) is 0 Å². The van der Waals surface area contributed by atoms with Crippen molar-refractivity contribution in [3.8, 4) is 11.3 Å². The number of likely N-dealkylation sites (N-methyl/N-ethyl adjacent to an activating group) is 1. The number of nitrogens with one attached hydrogen (secondary N) is 1. The van der Waals surface area contributed by atoms with E-state index in [4.69, 9.17) is 16.6 Å². The minimum Gasteiger partial charge on any atom is -0.371 e. The van der Waals surface area contributed by atoms with Crippen LogP contribution < -0.4 is 10.2 Å². The average Bonchev–Trinajstić information content (AvgIpc) is 3.38. The van der Waals surface area contributed by atoms with E-state index >= 15 is 0 Å². The summed E-state index contributed by atoms with van der Waals surface area (Å²) in [4.78, 5) is 16.8. The molecule has 2 saturated heterocycles. The maximum Gasteiger partial charge on any atom is 0.227 e. The Balaban J connectivity index is 1.15. The SMILES string of the molecule is CCS(=O)n1cc(-c2nc(Nc3ccc(N4CCC(N5CCN(C)CC5)CC4)cc3)ncc2Cl)c2ccccc21. The van der Waals surface area contributed by atoms with Crippen molar-refractivity contribution in [2.75, 3.05) is 62.3 Å². The third kappa shape index (κ3) is 5.61. The van der Waals surface area contributed by atoms with Gasteiger partial charge in [0.25, 0.3) is 0 Å². The number of benzene rings is 2. The van der Waals surface area contributed by atoms with Crippen molar-refractivity contribution >= 4 is 50.8 Å². The molecule has 4 heterocycles. The molecule has 210 valence electrons. The van der Waals surface area contributed by atoms with Gasteiger partial charge in [0, 0.05) is 79.6 Å². The zero-order valence-corrected chi connectivity index (χ0v) is 24.7. The largest absolute Gasteiger partial charge is 0.371 e. The van der Waals surface area contributed by atoms with Gasteiger partial charge in [0.15, 0.2) is 0 Å². The van der Waals surface area contributed by atoms with Crippen LogP contribution >= 0.6 is 11.6 Å². The lowest BCUT2D eigenvalue weighted by molar-refractivity contribution is 0.0982. The molecule has 0 radical (unpaired) electrons. The number of piperazine rings is 1. The molecular formula is C30H36ClN7OS. The molecule has 2 fully saturated rings. The summed E-state index contributed by atoms with van der Waals surface area (Å²) in [6, 6.07) is 17.1. The molecule has 2 aliphatic heterocycles. The summed E-state index contributed by atoms with van der Waals surface area (Å²) < 4.78 is 14.5. The highest BCUT2D eigenvalue weighted by Gasteiger charge is 2.26. The molecule has 4 aromatic rings. The van der Waals surface area contributed by atoms with Gasteiger partial charge in [-0.1, -0.05) is 36.7 Å². The molecular weight excluding hydrogens is 542 g/mol. The summed E-state index contributed by atoms with van der Waals surface area (Å²) in [6.45, 7) is 8.82. The van der Waals surface area contributed by atoms with Crippen LogP contribution in [0, 0.1) is 0 Å². The number of para-hydroxylation sites is 1. The van der Waals surface area contributed by atoms with Crippen LogP contribution in [0.4, 0.5) is 17.3 Å². The number of rotatable bonds is 7. The minimum atomic E-state index is -1.16. The van der Waals surface area contributed by atoms with E-state index in [0.29, 0.717) is 28.5 Å². The molecule has 8 nitrogen and oxygen atoms in total. The predicted molar refractivity (Wildman–Crippen MR) is 166 cm³/mol. The second-order valence-corrected chi connectivity index (χ2v) is 12.6. The number of aromatic nitrogens is 3. The number of fused-ring (bicyclic) bond motifs is 1. The Kier molecular flexibility index (Phi) is 8.07. The van der Waals surface area contributed by atoms with Crippen molar-refractivity contribution in [3.05, 3.63) is 65.9 Å². The number of nitrogens with zero attached hydrogens (tertiary/aromatic N) is 6. The van der Waals surface area contributed by atoms with Gasteiger partial charge in [-0.2, -0.15) is 0 Å². The van der Waals surface area contributed by atoms with E-state index in [1.807, 2.05) is 37.4 Å². The van der Waals surface area contributed by atoms with Crippen LogP contribution in [-0.4, -0.2) is 86.1 Å². The third-order valence-electron chi connectivity index (χ3n) is 8.15. The van der Waals surface area contributed by atoms with Gasteiger partial charge in [-0.05, 0) is 50.2 Å². The van der Waals surface area contributed by atoms with Crippen molar-refractivity contribution in [1.82, 2.24) is 23.7 Å².